The molecule has 8 rings (SSSR count). The average Bonchev–Trinajstić information content (AvgIpc) is 3.50. The first-order valence-electron chi connectivity index (χ1n) is 18.1. The fourth-order valence-corrected chi connectivity index (χ4v) is 12.9. The van der Waals surface area contributed by atoms with Crippen LogP contribution in [0.3, 0.4) is 0 Å². The van der Waals surface area contributed by atoms with Gasteiger partial charge in [0.2, 0.25) is 0 Å². The molecule has 0 unspecified atom stereocenters. The van der Waals surface area contributed by atoms with Crippen LogP contribution in [0, 0.1) is 28.6 Å². The van der Waals surface area contributed by atoms with Crippen LogP contribution >= 0.6 is 0 Å². The lowest BCUT2D eigenvalue weighted by Gasteiger charge is -2.72. The number of fused-ring (bicyclic) bond motifs is 2. The number of ether oxygens (including phenoxy) is 6. The van der Waals surface area contributed by atoms with Gasteiger partial charge in [-0.25, -0.2) is 9.59 Å². The second-order valence-electron chi connectivity index (χ2n) is 15.8. The molecule has 7 bridgehead atoms. The van der Waals surface area contributed by atoms with Crippen LogP contribution in [-0.2, 0) is 28.4 Å². The van der Waals surface area contributed by atoms with E-state index in [1.807, 2.05) is 6.92 Å². The van der Waals surface area contributed by atoms with E-state index in [2.05, 4.69) is 4.90 Å². The molecule has 1 spiro atoms. The molecule has 6 aliphatic rings. The summed E-state index contributed by atoms with van der Waals surface area (Å²) in [7, 11) is 5.96. The quantitative estimate of drug-likeness (QED) is 0.257. The van der Waals surface area contributed by atoms with Gasteiger partial charge in [-0.1, -0.05) is 43.3 Å². The van der Waals surface area contributed by atoms with Gasteiger partial charge in [-0.15, -0.1) is 0 Å². The number of piperidine rings is 1. The number of nitrogens with zero attached hydrogens (tertiary/aromatic N) is 1. The Hall–Kier alpha value is -2.98. The van der Waals surface area contributed by atoms with Gasteiger partial charge in [0, 0.05) is 76.5 Å². The predicted octanol–water partition coefficient (Wildman–Crippen LogP) is 1.06. The molecule has 1 heterocycles. The maximum atomic E-state index is 14.5. The summed E-state index contributed by atoms with van der Waals surface area (Å²) in [5, 5.41) is 52.1. The minimum absolute atomic E-state index is 0.101. The van der Waals surface area contributed by atoms with Crippen LogP contribution in [0.15, 0.2) is 60.7 Å². The number of rotatable bonds is 10. The zero-order valence-corrected chi connectivity index (χ0v) is 30.1. The first kappa shape index (κ1) is 36.0. The van der Waals surface area contributed by atoms with Crippen LogP contribution < -0.4 is 0 Å². The molecule has 52 heavy (non-hydrogen) atoms. The van der Waals surface area contributed by atoms with E-state index in [0.717, 1.165) is 0 Å². The summed E-state index contributed by atoms with van der Waals surface area (Å²) >= 11 is 0. The van der Waals surface area contributed by atoms with Crippen LogP contribution in [0.1, 0.15) is 40.5 Å². The fourth-order valence-electron chi connectivity index (χ4n) is 12.9. The van der Waals surface area contributed by atoms with E-state index in [1.165, 1.54) is 21.3 Å². The van der Waals surface area contributed by atoms with Crippen LogP contribution in [0.5, 0.6) is 0 Å². The number of carbonyl (C=O) groups is 2. The van der Waals surface area contributed by atoms with Gasteiger partial charge in [-0.2, -0.15) is 0 Å². The van der Waals surface area contributed by atoms with Gasteiger partial charge in [0.25, 0.3) is 0 Å². The Kier molecular flexibility index (Phi) is 8.50. The Bertz CT molecular complexity index is 1700. The highest BCUT2D eigenvalue weighted by atomic mass is 16.6. The van der Waals surface area contributed by atoms with Crippen molar-refractivity contribution < 1.29 is 58.4 Å². The highest BCUT2D eigenvalue weighted by Gasteiger charge is 2.96. The van der Waals surface area contributed by atoms with Crippen LogP contribution in [0.25, 0.3) is 0 Å². The molecule has 282 valence electrons. The number of carbonyl (C=O) groups excluding carboxylic acids is 2. The number of benzene rings is 2. The van der Waals surface area contributed by atoms with Crippen molar-refractivity contribution in [3.63, 3.8) is 0 Å². The average molecular weight is 724 g/mol. The summed E-state index contributed by atoms with van der Waals surface area (Å²) in [5.41, 5.74) is -8.24. The van der Waals surface area contributed by atoms with Crippen molar-refractivity contribution in [2.24, 2.45) is 28.6 Å². The normalized spacial score (nSPS) is 46.9. The Morgan fingerprint density at radius 1 is 0.846 bits per heavy atom. The monoisotopic (exact) mass is 723 g/mol. The predicted molar refractivity (Wildman–Crippen MR) is 182 cm³/mol. The van der Waals surface area contributed by atoms with Crippen molar-refractivity contribution in [3.8, 4) is 0 Å². The zero-order chi connectivity index (χ0) is 37.0. The van der Waals surface area contributed by atoms with Gasteiger partial charge < -0.3 is 48.8 Å². The minimum Gasteiger partial charge on any atom is -0.455 e. The third kappa shape index (κ3) is 4.09. The molecule has 0 radical (unpaired) electrons. The highest BCUT2D eigenvalue weighted by molar-refractivity contribution is 5.90. The lowest BCUT2D eigenvalue weighted by molar-refractivity contribution is -0.352. The molecule has 13 heteroatoms. The van der Waals surface area contributed by atoms with E-state index >= 15 is 0 Å². The Labute approximate surface area is 302 Å². The third-order valence-electron chi connectivity index (χ3n) is 14.2. The molecular weight excluding hydrogens is 674 g/mol. The number of hydrogen-bond donors (Lipinski definition) is 4. The molecule has 2 aromatic rings. The summed E-state index contributed by atoms with van der Waals surface area (Å²) in [6, 6.07) is 15.9. The van der Waals surface area contributed by atoms with Crippen molar-refractivity contribution in [1.82, 2.24) is 4.90 Å². The molecule has 2 aromatic carbocycles. The molecule has 5 aliphatic carbocycles. The highest BCUT2D eigenvalue weighted by Crippen LogP contribution is 2.81. The van der Waals surface area contributed by atoms with E-state index in [1.54, 1.807) is 67.8 Å². The molecule has 1 aliphatic heterocycles. The molecular formula is C39H49NO12. The zero-order valence-electron chi connectivity index (χ0n) is 30.1. The summed E-state index contributed by atoms with van der Waals surface area (Å²) in [4.78, 5) is 30.6. The van der Waals surface area contributed by atoms with E-state index in [9.17, 15) is 30.0 Å². The van der Waals surface area contributed by atoms with Crippen molar-refractivity contribution in [2.45, 2.75) is 79.2 Å². The van der Waals surface area contributed by atoms with Crippen molar-refractivity contribution in [2.75, 3.05) is 48.1 Å². The van der Waals surface area contributed by atoms with Crippen molar-refractivity contribution in [3.05, 3.63) is 71.8 Å². The first-order chi connectivity index (χ1) is 24.9. The molecule has 4 N–H and O–H groups in total. The van der Waals surface area contributed by atoms with Crippen molar-refractivity contribution >= 4 is 11.9 Å². The molecule has 13 nitrogen and oxygen atoms in total. The number of hydrogen-bond acceptors (Lipinski definition) is 13. The van der Waals surface area contributed by atoms with Gasteiger partial charge in [-0.05, 0) is 30.8 Å². The van der Waals surface area contributed by atoms with E-state index in [-0.39, 0.29) is 24.2 Å². The molecule has 0 amide bonds. The number of likely N-dealkylation sites (tertiary alicyclic amines) is 1. The van der Waals surface area contributed by atoms with Crippen LogP contribution in [-0.4, -0.2) is 145 Å². The standard InChI is InChI=1S/C39H49NO12/c1-6-40-19-35(20-47-2)23(41)17-24(48-3)38-27(35)26(49-4)25(29(38)40)39(52-34(44)22-15-11-8-12-16-22)28-31(51-33(43)21-13-9-7-10-14-21)36(45,18-37(28,38)46)32(50-5)30(39)42/h7-16,23-32,41-42,45-46H,6,17-20H2,1-5H3/t23-,24+,25+,26+,27-,28+,29+,30+,31-,32+,35+,36-,37+,38-,39+/m1/s1. The third-order valence-corrected chi connectivity index (χ3v) is 14.2. The summed E-state index contributed by atoms with van der Waals surface area (Å²) < 4.78 is 37.8. The summed E-state index contributed by atoms with van der Waals surface area (Å²) in [6.07, 6.45) is -7.68. The maximum Gasteiger partial charge on any atom is 0.338 e. The molecule has 1 saturated heterocycles. The Morgan fingerprint density at radius 3 is 2.04 bits per heavy atom. The Morgan fingerprint density at radius 2 is 1.48 bits per heavy atom. The maximum absolute atomic E-state index is 14.5. The number of esters is 2. The molecule has 6 fully saturated rings. The van der Waals surface area contributed by atoms with Crippen LogP contribution in [0.4, 0.5) is 0 Å². The van der Waals surface area contributed by atoms with E-state index in [0.29, 0.717) is 13.1 Å². The van der Waals surface area contributed by atoms with Gasteiger partial charge in [0.15, 0.2) is 5.60 Å². The summed E-state index contributed by atoms with van der Waals surface area (Å²) in [6.45, 7) is 2.88. The SMILES string of the molecule is CCN1C[C@]2(COC)[C@H](O)C[C@H](OC)[C@]34[C@@H]1[C@H]([C@H](OC)[C@H]23)[C@]1(OC(=O)c2ccccc2)[C@H]2[C@@H](OC(=O)c3ccccc3)[C@](O)(C[C@]24O)[C@@H](OC)[C@@H]1O. The molecule has 15 atom stereocenters. The van der Waals surface area contributed by atoms with Crippen molar-refractivity contribution in [1.29, 1.82) is 0 Å². The number of aliphatic hydroxyl groups excluding tert-OH is 2. The Balaban J connectivity index is 1.45. The second-order valence-corrected chi connectivity index (χ2v) is 15.8. The topological polar surface area (TPSA) is 174 Å². The van der Waals surface area contributed by atoms with Gasteiger partial charge >= 0.3 is 11.9 Å². The largest absolute Gasteiger partial charge is 0.455 e. The number of methoxy groups -OCH3 is 4. The lowest BCUT2D eigenvalue weighted by Crippen LogP contribution is -2.85. The molecule has 5 saturated carbocycles. The van der Waals surface area contributed by atoms with Gasteiger partial charge in [0.05, 0.1) is 47.6 Å². The van der Waals surface area contributed by atoms with E-state index in [4.69, 9.17) is 28.4 Å². The smallest absolute Gasteiger partial charge is 0.338 e. The van der Waals surface area contributed by atoms with Gasteiger partial charge in [-0.3, -0.25) is 4.90 Å². The lowest BCUT2D eigenvalue weighted by atomic mass is 9.40. The van der Waals surface area contributed by atoms with Crippen LogP contribution in [0.2, 0.25) is 0 Å². The second kappa shape index (κ2) is 12.3. The minimum atomic E-state index is -2.16. The summed E-state index contributed by atoms with van der Waals surface area (Å²) in [5.74, 6) is -4.56. The first-order valence-corrected chi connectivity index (χ1v) is 18.1. The molecule has 0 aromatic heterocycles. The van der Waals surface area contributed by atoms with Gasteiger partial charge in [0.1, 0.15) is 23.9 Å². The van der Waals surface area contributed by atoms with E-state index < -0.39 is 106 Å². The number of aliphatic hydroxyl groups is 4. The fraction of sp³-hybridized carbons (Fsp3) is 0.641.